The lowest BCUT2D eigenvalue weighted by Crippen LogP contribution is -2.47. The Morgan fingerprint density at radius 3 is 1.79 bits per heavy atom. The van der Waals surface area contributed by atoms with Crippen LogP contribution in [0.4, 0.5) is 0 Å². The quantitative estimate of drug-likeness (QED) is 0.196. The first-order valence-electron chi connectivity index (χ1n) is 10.1. The summed E-state index contributed by atoms with van der Waals surface area (Å²) in [5.41, 5.74) is 5.02. The fourth-order valence-corrected chi connectivity index (χ4v) is 9.53. The summed E-state index contributed by atoms with van der Waals surface area (Å²) < 4.78 is 6.62. The van der Waals surface area contributed by atoms with Crippen LogP contribution in [-0.2, 0) is 4.43 Å². The van der Waals surface area contributed by atoms with Gasteiger partial charge in [0.05, 0.1) is 0 Å². The summed E-state index contributed by atoms with van der Waals surface area (Å²) in [4.78, 5) is 0. The van der Waals surface area contributed by atoms with Crippen LogP contribution in [-0.4, -0.2) is 14.9 Å². The highest BCUT2D eigenvalue weighted by Gasteiger charge is 2.44. The summed E-state index contributed by atoms with van der Waals surface area (Å²) >= 11 is 0. The van der Waals surface area contributed by atoms with Crippen molar-refractivity contribution in [2.24, 2.45) is 0 Å². The Morgan fingerprint density at radius 2 is 1.33 bits per heavy atom. The summed E-state index contributed by atoms with van der Waals surface area (Å²) in [5.74, 6) is 0. The molecular weight excluding hydrogens is 308 g/mol. The zero-order chi connectivity index (χ0) is 18.8. The maximum Gasteiger partial charge on any atom is 0.200 e. The first-order valence-corrected chi connectivity index (χ1v) is 12.2. The zero-order valence-electron chi connectivity index (χ0n) is 18.0. The minimum Gasteiger partial charge on any atom is -0.416 e. The molecule has 24 heavy (non-hydrogen) atoms. The van der Waals surface area contributed by atoms with Gasteiger partial charge in [-0.15, -0.1) is 0 Å². The average Bonchev–Trinajstić information content (AvgIpc) is 2.44. The third-order valence-electron chi connectivity index (χ3n) is 5.24. The molecule has 0 fully saturated rings. The topological polar surface area (TPSA) is 9.23 Å². The van der Waals surface area contributed by atoms with Gasteiger partial charge in [0, 0.05) is 6.61 Å². The molecule has 0 rings (SSSR count). The largest absolute Gasteiger partial charge is 0.416 e. The molecule has 0 radical (unpaired) electrons. The lowest BCUT2D eigenvalue weighted by atomic mass is 10.1. The van der Waals surface area contributed by atoms with Crippen molar-refractivity contribution in [3.05, 3.63) is 23.3 Å². The van der Waals surface area contributed by atoms with E-state index in [2.05, 4.69) is 74.5 Å². The zero-order valence-corrected chi connectivity index (χ0v) is 19.0. The van der Waals surface area contributed by atoms with Crippen LogP contribution in [0.1, 0.15) is 94.4 Å². The molecule has 2 heteroatoms. The van der Waals surface area contributed by atoms with Gasteiger partial charge in [-0.3, -0.25) is 0 Å². The Labute approximate surface area is 154 Å². The van der Waals surface area contributed by atoms with Gasteiger partial charge < -0.3 is 4.43 Å². The highest BCUT2D eigenvalue weighted by molar-refractivity contribution is 6.77. The van der Waals surface area contributed by atoms with E-state index in [9.17, 15) is 0 Å². The Kier molecular flexibility index (Phi) is 11.9. The molecule has 0 aliphatic heterocycles. The van der Waals surface area contributed by atoms with Gasteiger partial charge in [0.2, 0.25) is 0 Å². The van der Waals surface area contributed by atoms with E-state index in [-0.39, 0.29) is 0 Å². The predicted molar refractivity (Wildman–Crippen MR) is 113 cm³/mol. The molecular formula is C22H44OSi. The van der Waals surface area contributed by atoms with Crippen LogP contribution in [0.15, 0.2) is 23.3 Å². The van der Waals surface area contributed by atoms with Crippen LogP contribution >= 0.6 is 0 Å². The van der Waals surface area contributed by atoms with E-state index in [0.29, 0.717) is 16.6 Å². The molecule has 0 unspecified atom stereocenters. The van der Waals surface area contributed by atoms with Crippen LogP contribution in [0.5, 0.6) is 0 Å². The molecule has 0 amide bonds. The molecule has 0 atom stereocenters. The molecule has 1 nitrogen and oxygen atoms in total. The van der Waals surface area contributed by atoms with E-state index >= 15 is 0 Å². The molecule has 0 saturated carbocycles. The second kappa shape index (κ2) is 12.1. The number of allylic oxidation sites excluding steroid dienone is 4. The maximum absolute atomic E-state index is 6.62. The van der Waals surface area contributed by atoms with Crippen LogP contribution in [0, 0.1) is 0 Å². The van der Waals surface area contributed by atoms with Crippen molar-refractivity contribution in [2.75, 3.05) is 6.61 Å². The van der Waals surface area contributed by atoms with Crippen molar-refractivity contribution >= 4 is 8.32 Å². The summed E-state index contributed by atoms with van der Waals surface area (Å²) in [6.07, 6.45) is 10.8. The van der Waals surface area contributed by atoms with Crippen molar-refractivity contribution in [1.82, 2.24) is 0 Å². The van der Waals surface area contributed by atoms with E-state index in [1.165, 1.54) is 43.3 Å². The van der Waals surface area contributed by atoms with Crippen LogP contribution in [0.3, 0.4) is 0 Å². The highest BCUT2D eigenvalue weighted by atomic mass is 28.4. The molecule has 142 valence electrons. The van der Waals surface area contributed by atoms with Crippen molar-refractivity contribution in [3.63, 3.8) is 0 Å². The molecule has 0 aromatic carbocycles. The Morgan fingerprint density at radius 1 is 0.792 bits per heavy atom. The molecule has 0 heterocycles. The molecule has 0 N–H and O–H groups in total. The van der Waals surface area contributed by atoms with Gasteiger partial charge in [-0.05, 0) is 69.5 Å². The lowest BCUT2D eigenvalue weighted by Gasteiger charge is -2.42. The maximum atomic E-state index is 6.62. The SMILES string of the molecule is CC(C)=CCC/C(C)=C/CCCCO[Si](C(C)C)(C(C)C)C(C)C. The Hall–Kier alpha value is -0.343. The molecule has 0 aromatic heterocycles. The first kappa shape index (κ1) is 23.7. The first-order chi connectivity index (χ1) is 11.1. The van der Waals surface area contributed by atoms with Gasteiger partial charge in [0.15, 0.2) is 8.32 Å². The van der Waals surface area contributed by atoms with Gasteiger partial charge in [-0.1, -0.05) is 64.8 Å². The standard InChI is InChI=1S/C22H44OSi/c1-18(2)14-13-16-22(9)15-11-10-12-17-23-24(19(3)4,20(5)6)21(7)8/h14-15,19-21H,10-13,16-17H2,1-9H3/b22-15+. The van der Waals surface area contributed by atoms with Crippen LogP contribution in [0.2, 0.25) is 16.6 Å². The predicted octanol–water partition coefficient (Wildman–Crippen LogP) is 8.04. The third-order valence-corrected chi connectivity index (χ3v) is 11.4. The van der Waals surface area contributed by atoms with Crippen molar-refractivity contribution < 1.29 is 4.43 Å². The van der Waals surface area contributed by atoms with E-state index in [1.54, 1.807) is 0 Å². The molecule has 0 saturated heterocycles. The second-order valence-electron chi connectivity index (χ2n) is 8.53. The van der Waals surface area contributed by atoms with Gasteiger partial charge in [-0.25, -0.2) is 0 Å². The molecule has 0 aromatic rings. The van der Waals surface area contributed by atoms with Gasteiger partial charge in [0.1, 0.15) is 0 Å². The minimum atomic E-state index is -1.66. The normalized spacial score (nSPS) is 13.2. The van der Waals surface area contributed by atoms with E-state index in [1.807, 2.05) is 0 Å². The number of hydrogen-bond acceptors (Lipinski definition) is 1. The van der Waals surface area contributed by atoms with Crippen molar-refractivity contribution in [2.45, 2.75) is 111 Å². The monoisotopic (exact) mass is 352 g/mol. The summed E-state index contributed by atoms with van der Waals surface area (Å²) in [5, 5.41) is 0. The summed E-state index contributed by atoms with van der Waals surface area (Å²) in [6.45, 7) is 21.8. The smallest absolute Gasteiger partial charge is 0.200 e. The van der Waals surface area contributed by atoms with Crippen molar-refractivity contribution in [3.8, 4) is 0 Å². The summed E-state index contributed by atoms with van der Waals surface area (Å²) in [6, 6.07) is 0. The number of rotatable bonds is 12. The summed E-state index contributed by atoms with van der Waals surface area (Å²) in [7, 11) is -1.66. The van der Waals surface area contributed by atoms with Crippen LogP contribution in [0.25, 0.3) is 0 Å². The molecule has 0 aliphatic rings. The lowest BCUT2D eigenvalue weighted by molar-refractivity contribution is 0.269. The van der Waals surface area contributed by atoms with Crippen molar-refractivity contribution in [1.29, 1.82) is 0 Å². The van der Waals surface area contributed by atoms with Gasteiger partial charge in [-0.2, -0.15) is 0 Å². The minimum absolute atomic E-state index is 0.690. The average molecular weight is 353 g/mol. The number of hydrogen-bond donors (Lipinski definition) is 0. The molecule has 0 spiro atoms. The third kappa shape index (κ3) is 8.16. The van der Waals surface area contributed by atoms with E-state index in [0.717, 1.165) is 6.61 Å². The fraction of sp³-hybridized carbons (Fsp3) is 0.818. The highest BCUT2D eigenvalue weighted by Crippen LogP contribution is 2.42. The Balaban J connectivity index is 4.21. The van der Waals surface area contributed by atoms with Gasteiger partial charge >= 0.3 is 0 Å². The molecule has 0 bridgehead atoms. The van der Waals surface area contributed by atoms with E-state index in [4.69, 9.17) is 4.43 Å². The second-order valence-corrected chi connectivity index (χ2v) is 14.0. The van der Waals surface area contributed by atoms with Crippen LogP contribution < -0.4 is 0 Å². The van der Waals surface area contributed by atoms with Gasteiger partial charge in [0.25, 0.3) is 0 Å². The Bertz CT molecular complexity index is 365. The fourth-order valence-electron chi connectivity index (χ4n) is 4.03. The van der Waals surface area contributed by atoms with E-state index < -0.39 is 8.32 Å². The number of unbranched alkanes of at least 4 members (excludes halogenated alkanes) is 2. The molecule has 0 aliphatic carbocycles.